The summed E-state index contributed by atoms with van der Waals surface area (Å²) < 4.78 is 0. The Kier molecular flexibility index (Phi) is 4.66. The van der Waals surface area contributed by atoms with Crippen molar-refractivity contribution in [3.8, 4) is 0 Å². The van der Waals surface area contributed by atoms with Gasteiger partial charge in [-0.15, -0.1) is 0 Å². The molecule has 3 nitrogen and oxygen atoms in total. The van der Waals surface area contributed by atoms with Gasteiger partial charge in [-0.25, -0.2) is 0 Å². The van der Waals surface area contributed by atoms with Gasteiger partial charge in [-0.05, 0) is 57.3 Å². The zero-order chi connectivity index (χ0) is 13.1. The van der Waals surface area contributed by atoms with Crippen molar-refractivity contribution in [2.24, 2.45) is 17.8 Å². The number of hydrogen-bond donors (Lipinski definition) is 2. The molecule has 2 aliphatic rings. The van der Waals surface area contributed by atoms with Crippen LogP contribution in [0.2, 0.25) is 0 Å². The molecule has 0 saturated heterocycles. The molecule has 3 heteroatoms. The first-order valence-electron chi connectivity index (χ1n) is 7.65. The largest absolute Gasteiger partial charge is 0.355 e. The molecule has 0 aromatic heterocycles. The van der Waals surface area contributed by atoms with Crippen LogP contribution in [0.25, 0.3) is 0 Å². The number of nitrogens with one attached hydrogen (secondary N) is 2. The van der Waals surface area contributed by atoms with Crippen molar-refractivity contribution in [1.29, 1.82) is 0 Å². The van der Waals surface area contributed by atoms with Crippen molar-refractivity contribution in [3.63, 3.8) is 0 Å². The SMILES string of the molecule is CCCNC(=O)C(C)NC(C)C1CC2CCC1C2. The van der Waals surface area contributed by atoms with Crippen LogP contribution >= 0.6 is 0 Å². The first-order chi connectivity index (χ1) is 8.61. The molecule has 2 saturated carbocycles. The fourth-order valence-corrected chi connectivity index (χ4v) is 3.90. The summed E-state index contributed by atoms with van der Waals surface area (Å²) in [5.74, 6) is 2.84. The van der Waals surface area contributed by atoms with Crippen LogP contribution in [0.4, 0.5) is 0 Å². The molecule has 5 unspecified atom stereocenters. The van der Waals surface area contributed by atoms with E-state index in [1.54, 1.807) is 0 Å². The predicted octanol–water partition coefficient (Wildman–Crippen LogP) is 2.32. The zero-order valence-electron chi connectivity index (χ0n) is 12.0. The minimum Gasteiger partial charge on any atom is -0.355 e. The summed E-state index contributed by atoms with van der Waals surface area (Å²) in [5, 5.41) is 6.46. The number of amides is 1. The highest BCUT2D eigenvalue weighted by Gasteiger charge is 2.42. The van der Waals surface area contributed by atoms with Gasteiger partial charge in [0.2, 0.25) is 5.91 Å². The lowest BCUT2D eigenvalue weighted by molar-refractivity contribution is -0.123. The minimum absolute atomic E-state index is 0.0642. The number of hydrogen-bond acceptors (Lipinski definition) is 2. The van der Waals surface area contributed by atoms with E-state index in [0.717, 1.165) is 30.7 Å². The molecule has 0 spiro atoms. The molecule has 0 heterocycles. The van der Waals surface area contributed by atoms with Crippen LogP contribution in [0.1, 0.15) is 52.9 Å². The predicted molar refractivity (Wildman–Crippen MR) is 74.3 cm³/mol. The Morgan fingerprint density at radius 3 is 2.61 bits per heavy atom. The highest BCUT2D eigenvalue weighted by molar-refractivity contribution is 5.81. The van der Waals surface area contributed by atoms with Crippen LogP contribution in [0, 0.1) is 17.8 Å². The molecule has 5 atom stereocenters. The monoisotopic (exact) mass is 252 g/mol. The van der Waals surface area contributed by atoms with Crippen molar-refractivity contribution in [2.75, 3.05) is 6.54 Å². The average molecular weight is 252 g/mol. The topological polar surface area (TPSA) is 41.1 Å². The summed E-state index contributed by atoms with van der Waals surface area (Å²) >= 11 is 0. The Morgan fingerprint density at radius 2 is 2.06 bits per heavy atom. The molecule has 0 radical (unpaired) electrons. The zero-order valence-corrected chi connectivity index (χ0v) is 12.0. The van der Waals surface area contributed by atoms with E-state index in [1.165, 1.54) is 25.7 Å². The van der Waals surface area contributed by atoms with Crippen molar-refractivity contribution >= 4 is 5.91 Å². The average Bonchev–Trinajstić information content (AvgIpc) is 2.97. The summed E-state index contributed by atoms with van der Waals surface area (Å²) in [7, 11) is 0. The fraction of sp³-hybridized carbons (Fsp3) is 0.933. The normalized spacial score (nSPS) is 33.4. The van der Waals surface area contributed by atoms with Crippen molar-refractivity contribution < 1.29 is 4.79 Å². The third-order valence-corrected chi connectivity index (χ3v) is 4.89. The Hall–Kier alpha value is -0.570. The van der Waals surface area contributed by atoms with E-state index in [4.69, 9.17) is 0 Å². The molecule has 104 valence electrons. The second-order valence-electron chi connectivity index (χ2n) is 6.31. The van der Waals surface area contributed by atoms with E-state index in [9.17, 15) is 4.79 Å². The molecule has 2 rings (SSSR count). The molecule has 18 heavy (non-hydrogen) atoms. The second kappa shape index (κ2) is 6.05. The van der Waals surface area contributed by atoms with Gasteiger partial charge in [0.05, 0.1) is 6.04 Å². The van der Waals surface area contributed by atoms with E-state index in [1.807, 2.05) is 6.92 Å². The van der Waals surface area contributed by atoms with Crippen molar-refractivity contribution in [3.05, 3.63) is 0 Å². The van der Waals surface area contributed by atoms with E-state index >= 15 is 0 Å². The van der Waals surface area contributed by atoms with E-state index < -0.39 is 0 Å². The van der Waals surface area contributed by atoms with Gasteiger partial charge in [0, 0.05) is 12.6 Å². The molecule has 0 aliphatic heterocycles. The van der Waals surface area contributed by atoms with Gasteiger partial charge in [0.15, 0.2) is 0 Å². The van der Waals surface area contributed by atoms with E-state index in [-0.39, 0.29) is 11.9 Å². The molecule has 2 fully saturated rings. The first-order valence-corrected chi connectivity index (χ1v) is 7.65. The molecule has 0 aromatic rings. The van der Waals surface area contributed by atoms with Gasteiger partial charge in [-0.3, -0.25) is 4.79 Å². The van der Waals surface area contributed by atoms with Gasteiger partial charge in [0.1, 0.15) is 0 Å². The van der Waals surface area contributed by atoms with Gasteiger partial charge >= 0.3 is 0 Å². The number of carbonyl (C=O) groups excluding carboxylic acids is 1. The lowest BCUT2D eigenvalue weighted by Gasteiger charge is -2.30. The smallest absolute Gasteiger partial charge is 0.236 e. The third kappa shape index (κ3) is 3.05. The van der Waals surface area contributed by atoms with Crippen LogP contribution in [-0.4, -0.2) is 24.5 Å². The summed E-state index contributed by atoms with van der Waals surface area (Å²) in [6.07, 6.45) is 6.67. The highest BCUT2D eigenvalue weighted by atomic mass is 16.2. The lowest BCUT2D eigenvalue weighted by atomic mass is 9.84. The Labute approximate surface area is 111 Å². The first kappa shape index (κ1) is 13.9. The lowest BCUT2D eigenvalue weighted by Crippen LogP contribution is -2.48. The van der Waals surface area contributed by atoms with Crippen LogP contribution in [0.5, 0.6) is 0 Å². The molecule has 0 aromatic carbocycles. The number of rotatable bonds is 6. The molecule has 1 amide bonds. The van der Waals surface area contributed by atoms with Gasteiger partial charge in [-0.1, -0.05) is 13.3 Å². The standard InChI is InChI=1S/C15H28N2O/c1-4-7-16-15(18)11(3)17-10(2)14-9-12-5-6-13(14)8-12/h10-14,17H,4-9H2,1-3H3,(H,16,18). The van der Waals surface area contributed by atoms with Crippen LogP contribution < -0.4 is 10.6 Å². The van der Waals surface area contributed by atoms with Crippen molar-refractivity contribution in [2.45, 2.75) is 65.0 Å². The fourth-order valence-electron chi connectivity index (χ4n) is 3.90. The molecule has 2 aliphatic carbocycles. The Morgan fingerprint density at radius 1 is 1.28 bits per heavy atom. The van der Waals surface area contributed by atoms with Gasteiger partial charge in [0.25, 0.3) is 0 Å². The van der Waals surface area contributed by atoms with Gasteiger partial charge < -0.3 is 10.6 Å². The maximum atomic E-state index is 11.8. The Bertz CT molecular complexity index is 292. The second-order valence-corrected chi connectivity index (χ2v) is 6.31. The minimum atomic E-state index is -0.0642. The maximum Gasteiger partial charge on any atom is 0.236 e. The molecular weight excluding hydrogens is 224 g/mol. The molecular formula is C15H28N2O. The van der Waals surface area contributed by atoms with Crippen LogP contribution in [0.3, 0.4) is 0 Å². The highest BCUT2D eigenvalue weighted by Crippen LogP contribution is 2.49. The molecule has 2 N–H and O–H groups in total. The summed E-state index contributed by atoms with van der Waals surface area (Å²) in [6, 6.07) is 0.411. The molecule has 2 bridgehead atoms. The quantitative estimate of drug-likeness (QED) is 0.761. The van der Waals surface area contributed by atoms with Crippen LogP contribution in [0.15, 0.2) is 0 Å². The number of fused-ring (bicyclic) bond motifs is 2. The van der Waals surface area contributed by atoms with Gasteiger partial charge in [-0.2, -0.15) is 0 Å². The third-order valence-electron chi connectivity index (χ3n) is 4.89. The maximum absolute atomic E-state index is 11.8. The number of carbonyl (C=O) groups is 1. The van der Waals surface area contributed by atoms with Crippen LogP contribution in [-0.2, 0) is 4.79 Å². The van der Waals surface area contributed by atoms with Crippen molar-refractivity contribution in [1.82, 2.24) is 10.6 Å². The Balaban J connectivity index is 1.76. The summed E-state index contributed by atoms with van der Waals surface area (Å²) in [5.41, 5.74) is 0. The summed E-state index contributed by atoms with van der Waals surface area (Å²) in [6.45, 7) is 7.10. The van der Waals surface area contributed by atoms with E-state index in [0.29, 0.717) is 6.04 Å². The van der Waals surface area contributed by atoms with E-state index in [2.05, 4.69) is 24.5 Å². The summed E-state index contributed by atoms with van der Waals surface area (Å²) in [4.78, 5) is 11.8.